The highest BCUT2D eigenvalue weighted by Crippen LogP contribution is 2.57. The molecule has 0 heterocycles. The number of esters is 1. The summed E-state index contributed by atoms with van der Waals surface area (Å²) in [6.07, 6.45) is 4.64. The summed E-state index contributed by atoms with van der Waals surface area (Å²) >= 11 is 0. The molecular weight excluding hydrogens is 224 g/mol. The second kappa shape index (κ2) is 5.90. The Bertz CT molecular complexity index is 326. The van der Waals surface area contributed by atoms with Crippen molar-refractivity contribution in [1.82, 2.24) is 0 Å². The molecule has 0 aromatic carbocycles. The lowest BCUT2D eigenvalue weighted by molar-refractivity contribution is -0.149. The molecule has 0 N–H and O–H groups in total. The standard InChI is InChI=1S/C16H28O2/c1-11(2)7-8-13(5)14-9-16(14,6)10-18-15(17)12(3)4/h7,12-14H,8-10H2,1-6H3. The topological polar surface area (TPSA) is 26.3 Å². The molecule has 0 aromatic rings. The second-order valence-corrected chi connectivity index (χ2v) is 6.72. The van der Waals surface area contributed by atoms with Crippen molar-refractivity contribution >= 4 is 5.97 Å². The molecule has 18 heavy (non-hydrogen) atoms. The summed E-state index contributed by atoms with van der Waals surface area (Å²) in [7, 11) is 0. The first-order valence-electron chi connectivity index (χ1n) is 7.06. The fourth-order valence-corrected chi connectivity index (χ4v) is 2.49. The van der Waals surface area contributed by atoms with E-state index in [2.05, 4.69) is 33.8 Å². The number of hydrogen-bond donors (Lipinski definition) is 0. The van der Waals surface area contributed by atoms with Gasteiger partial charge in [-0.05, 0) is 38.5 Å². The summed E-state index contributed by atoms with van der Waals surface area (Å²) in [5.41, 5.74) is 1.61. The van der Waals surface area contributed by atoms with Crippen molar-refractivity contribution in [3.05, 3.63) is 11.6 Å². The van der Waals surface area contributed by atoms with Crippen molar-refractivity contribution in [1.29, 1.82) is 0 Å². The molecule has 0 aliphatic heterocycles. The van der Waals surface area contributed by atoms with Crippen LogP contribution in [-0.2, 0) is 9.53 Å². The van der Waals surface area contributed by atoms with Gasteiger partial charge in [-0.15, -0.1) is 0 Å². The maximum absolute atomic E-state index is 11.5. The maximum Gasteiger partial charge on any atom is 0.308 e. The lowest BCUT2D eigenvalue weighted by Gasteiger charge is -2.16. The molecule has 0 saturated heterocycles. The predicted molar refractivity (Wildman–Crippen MR) is 75.2 cm³/mol. The Labute approximate surface area is 112 Å². The highest BCUT2D eigenvalue weighted by Gasteiger charge is 2.52. The van der Waals surface area contributed by atoms with E-state index >= 15 is 0 Å². The molecule has 0 spiro atoms. The number of hydrogen-bond acceptors (Lipinski definition) is 2. The highest BCUT2D eigenvalue weighted by atomic mass is 16.5. The van der Waals surface area contributed by atoms with Crippen LogP contribution < -0.4 is 0 Å². The van der Waals surface area contributed by atoms with E-state index in [0.717, 1.165) is 6.42 Å². The Hall–Kier alpha value is -0.790. The Morgan fingerprint density at radius 3 is 2.50 bits per heavy atom. The minimum atomic E-state index is -0.0705. The first kappa shape index (κ1) is 15.3. The number of ether oxygens (including phenoxy) is 1. The molecule has 0 aromatic heterocycles. The van der Waals surface area contributed by atoms with Gasteiger partial charge in [0.1, 0.15) is 0 Å². The number of rotatable bonds is 6. The van der Waals surface area contributed by atoms with Crippen molar-refractivity contribution in [3.63, 3.8) is 0 Å². The fourth-order valence-electron chi connectivity index (χ4n) is 2.49. The Morgan fingerprint density at radius 2 is 2.00 bits per heavy atom. The Kier molecular flexibility index (Phi) is 5.01. The van der Waals surface area contributed by atoms with E-state index in [1.54, 1.807) is 0 Å². The monoisotopic (exact) mass is 252 g/mol. The summed E-state index contributed by atoms with van der Waals surface area (Å²) < 4.78 is 5.38. The quantitative estimate of drug-likeness (QED) is 0.523. The van der Waals surface area contributed by atoms with E-state index in [4.69, 9.17) is 4.74 Å². The van der Waals surface area contributed by atoms with E-state index in [1.165, 1.54) is 12.0 Å². The van der Waals surface area contributed by atoms with Gasteiger partial charge in [0.25, 0.3) is 0 Å². The Morgan fingerprint density at radius 1 is 1.39 bits per heavy atom. The van der Waals surface area contributed by atoms with Crippen molar-refractivity contribution in [2.45, 2.75) is 54.4 Å². The smallest absolute Gasteiger partial charge is 0.308 e. The van der Waals surface area contributed by atoms with E-state index in [9.17, 15) is 4.79 Å². The maximum atomic E-state index is 11.5. The van der Waals surface area contributed by atoms with Crippen LogP contribution >= 0.6 is 0 Å². The second-order valence-electron chi connectivity index (χ2n) is 6.72. The minimum Gasteiger partial charge on any atom is -0.465 e. The number of carbonyl (C=O) groups excluding carboxylic acids is 1. The minimum absolute atomic E-state index is 0.0195. The molecule has 3 unspecified atom stereocenters. The van der Waals surface area contributed by atoms with Gasteiger partial charge in [0, 0.05) is 5.41 Å². The van der Waals surface area contributed by atoms with Crippen LogP contribution in [0.3, 0.4) is 0 Å². The van der Waals surface area contributed by atoms with Gasteiger partial charge >= 0.3 is 5.97 Å². The summed E-state index contributed by atoms with van der Waals surface area (Å²) in [4.78, 5) is 11.5. The number of allylic oxidation sites excluding steroid dienone is 2. The van der Waals surface area contributed by atoms with Gasteiger partial charge in [-0.3, -0.25) is 4.79 Å². The molecule has 3 atom stereocenters. The van der Waals surface area contributed by atoms with E-state index in [1.807, 2.05) is 13.8 Å². The SMILES string of the molecule is CC(C)=CCC(C)C1CC1(C)COC(=O)C(C)C. The van der Waals surface area contributed by atoms with Crippen LogP contribution in [-0.4, -0.2) is 12.6 Å². The molecule has 0 bridgehead atoms. The molecule has 0 amide bonds. The van der Waals surface area contributed by atoms with Gasteiger partial charge in [-0.25, -0.2) is 0 Å². The average Bonchev–Trinajstić information content (AvgIpc) is 2.95. The highest BCUT2D eigenvalue weighted by molar-refractivity contribution is 5.71. The van der Waals surface area contributed by atoms with Crippen LogP contribution in [0.4, 0.5) is 0 Å². The third-order valence-corrected chi connectivity index (χ3v) is 4.02. The van der Waals surface area contributed by atoms with Gasteiger partial charge < -0.3 is 4.74 Å². The molecule has 2 nitrogen and oxygen atoms in total. The zero-order chi connectivity index (χ0) is 13.9. The zero-order valence-corrected chi connectivity index (χ0v) is 12.7. The first-order valence-corrected chi connectivity index (χ1v) is 7.06. The first-order chi connectivity index (χ1) is 8.26. The molecule has 104 valence electrons. The van der Waals surface area contributed by atoms with Crippen LogP contribution in [0.5, 0.6) is 0 Å². The summed E-state index contributed by atoms with van der Waals surface area (Å²) in [5, 5.41) is 0. The zero-order valence-electron chi connectivity index (χ0n) is 12.7. The molecule has 0 radical (unpaired) electrons. The van der Waals surface area contributed by atoms with Gasteiger partial charge in [0.2, 0.25) is 0 Å². The molecule has 2 heteroatoms. The third-order valence-electron chi connectivity index (χ3n) is 4.02. The molecule has 1 aliphatic rings. The van der Waals surface area contributed by atoms with Crippen molar-refractivity contribution in [2.75, 3.05) is 6.61 Å². The summed E-state index contributed by atoms with van der Waals surface area (Å²) in [6, 6.07) is 0. The average molecular weight is 252 g/mol. The van der Waals surface area contributed by atoms with Crippen molar-refractivity contribution < 1.29 is 9.53 Å². The lowest BCUT2D eigenvalue weighted by atomic mass is 9.94. The molecular formula is C16H28O2. The molecule has 1 rings (SSSR count). The van der Waals surface area contributed by atoms with E-state index < -0.39 is 0 Å². The van der Waals surface area contributed by atoms with Gasteiger partial charge in [-0.1, -0.05) is 39.3 Å². The summed E-state index contributed by atoms with van der Waals surface area (Å²) in [5.74, 6) is 1.29. The summed E-state index contributed by atoms with van der Waals surface area (Å²) in [6.45, 7) is 13.2. The van der Waals surface area contributed by atoms with Crippen LogP contribution in [0.25, 0.3) is 0 Å². The van der Waals surface area contributed by atoms with Crippen molar-refractivity contribution in [3.8, 4) is 0 Å². The van der Waals surface area contributed by atoms with Crippen LogP contribution in [0, 0.1) is 23.2 Å². The van der Waals surface area contributed by atoms with E-state index in [0.29, 0.717) is 18.4 Å². The lowest BCUT2D eigenvalue weighted by Crippen LogP contribution is -2.19. The van der Waals surface area contributed by atoms with Crippen molar-refractivity contribution in [2.24, 2.45) is 23.2 Å². The van der Waals surface area contributed by atoms with E-state index in [-0.39, 0.29) is 17.3 Å². The Balaban J connectivity index is 2.37. The van der Waals surface area contributed by atoms with Crippen LogP contribution in [0.1, 0.15) is 54.4 Å². The molecule has 1 aliphatic carbocycles. The van der Waals surface area contributed by atoms with Crippen LogP contribution in [0.2, 0.25) is 0 Å². The predicted octanol–water partition coefficient (Wildman–Crippen LogP) is 4.20. The van der Waals surface area contributed by atoms with Gasteiger partial charge in [-0.2, -0.15) is 0 Å². The normalized spacial score (nSPS) is 27.8. The molecule has 1 saturated carbocycles. The fraction of sp³-hybridized carbons (Fsp3) is 0.812. The third kappa shape index (κ3) is 4.15. The largest absolute Gasteiger partial charge is 0.465 e. The van der Waals surface area contributed by atoms with Gasteiger partial charge in [0.15, 0.2) is 0 Å². The van der Waals surface area contributed by atoms with Crippen LogP contribution in [0.15, 0.2) is 11.6 Å². The van der Waals surface area contributed by atoms with Gasteiger partial charge in [0.05, 0.1) is 12.5 Å². The number of carbonyl (C=O) groups is 1. The molecule has 1 fully saturated rings.